The van der Waals surface area contributed by atoms with E-state index in [1.165, 1.54) is 12.5 Å². The smallest absolute Gasteiger partial charge is 0.246 e. The highest BCUT2D eigenvalue weighted by atomic mass is 16.2. The summed E-state index contributed by atoms with van der Waals surface area (Å²) in [6.07, 6.45) is 2.53. The molecule has 3 rings (SSSR count). The van der Waals surface area contributed by atoms with E-state index >= 15 is 0 Å². The molecule has 1 aliphatic rings. The third-order valence-electron chi connectivity index (χ3n) is 5.37. The second kappa shape index (κ2) is 11.3. The van der Waals surface area contributed by atoms with E-state index in [0.29, 0.717) is 38.0 Å². The monoisotopic (exact) mass is 422 g/mol. The van der Waals surface area contributed by atoms with Crippen LogP contribution >= 0.6 is 0 Å². The summed E-state index contributed by atoms with van der Waals surface area (Å²) < 4.78 is 0. The summed E-state index contributed by atoms with van der Waals surface area (Å²) in [6.45, 7) is 2.66. The average Bonchev–Trinajstić information content (AvgIpc) is 2.78. The van der Waals surface area contributed by atoms with E-state index in [1.807, 2.05) is 48.5 Å². The molecule has 0 saturated carbocycles. The number of carbonyl (C=O) groups excluding carboxylic acids is 3. The number of fused-ring (bicyclic) bond motifs is 1. The highest BCUT2D eigenvalue weighted by Gasteiger charge is 2.28. The molecular weight excluding hydrogens is 392 g/mol. The van der Waals surface area contributed by atoms with E-state index < -0.39 is 6.04 Å². The third-order valence-corrected chi connectivity index (χ3v) is 5.37. The predicted octanol–water partition coefficient (Wildman–Crippen LogP) is 2.13. The summed E-state index contributed by atoms with van der Waals surface area (Å²) >= 11 is 0. The fourth-order valence-electron chi connectivity index (χ4n) is 3.67. The molecule has 2 aromatic rings. The number of hydrogen-bond donors (Lipinski definition) is 4. The zero-order valence-electron chi connectivity index (χ0n) is 17.8. The molecule has 3 amide bonds. The number of hydrogen-bond acceptors (Lipinski definition) is 4. The number of benzene rings is 2. The van der Waals surface area contributed by atoms with Gasteiger partial charge in [0.05, 0.1) is 6.04 Å². The fraction of sp³-hybridized carbons (Fsp3) is 0.375. The first kappa shape index (κ1) is 22.5. The van der Waals surface area contributed by atoms with Crippen molar-refractivity contribution in [3.05, 3.63) is 65.7 Å². The molecule has 7 nitrogen and oxygen atoms in total. The lowest BCUT2D eigenvalue weighted by Gasteiger charge is -2.27. The number of para-hydroxylation sites is 1. The van der Waals surface area contributed by atoms with Gasteiger partial charge in [0, 0.05) is 25.7 Å². The van der Waals surface area contributed by atoms with E-state index in [9.17, 15) is 14.4 Å². The summed E-state index contributed by atoms with van der Waals surface area (Å²) in [4.78, 5) is 36.8. The van der Waals surface area contributed by atoms with Gasteiger partial charge in [0.1, 0.15) is 6.04 Å². The van der Waals surface area contributed by atoms with Crippen LogP contribution in [0.2, 0.25) is 0 Å². The van der Waals surface area contributed by atoms with Crippen LogP contribution in [0, 0.1) is 0 Å². The van der Waals surface area contributed by atoms with Gasteiger partial charge in [-0.15, -0.1) is 0 Å². The zero-order chi connectivity index (χ0) is 22.1. The van der Waals surface area contributed by atoms with Crippen LogP contribution in [0.3, 0.4) is 0 Å². The average molecular weight is 423 g/mol. The molecule has 4 N–H and O–H groups in total. The minimum atomic E-state index is -0.649. The molecule has 164 valence electrons. The van der Waals surface area contributed by atoms with Gasteiger partial charge in [0.2, 0.25) is 17.7 Å². The third kappa shape index (κ3) is 6.93. The van der Waals surface area contributed by atoms with Crippen molar-refractivity contribution in [3.63, 3.8) is 0 Å². The Kier molecular flexibility index (Phi) is 8.18. The van der Waals surface area contributed by atoms with Crippen molar-refractivity contribution in [3.8, 4) is 0 Å². The van der Waals surface area contributed by atoms with Crippen molar-refractivity contribution in [1.82, 2.24) is 16.0 Å². The highest BCUT2D eigenvalue weighted by molar-refractivity contribution is 5.97. The molecule has 0 bridgehead atoms. The largest absolute Gasteiger partial charge is 0.356 e. The lowest BCUT2D eigenvalue weighted by Crippen LogP contribution is -2.53. The number of rotatable bonds is 9. The van der Waals surface area contributed by atoms with E-state index in [1.54, 1.807) is 0 Å². The van der Waals surface area contributed by atoms with Gasteiger partial charge in [-0.3, -0.25) is 14.4 Å². The first-order chi connectivity index (χ1) is 15.0. The minimum absolute atomic E-state index is 0.0738. The van der Waals surface area contributed by atoms with Crippen molar-refractivity contribution in [2.75, 3.05) is 11.9 Å². The zero-order valence-corrected chi connectivity index (χ0v) is 17.8. The maximum absolute atomic E-state index is 12.9. The molecular formula is C24H30N4O3. The Hall–Kier alpha value is -3.19. The van der Waals surface area contributed by atoms with Crippen LogP contribution in [0.15, 0.2) is 54.6 Å². The second-order valence-corrected chi connectivity index (χ2v) is 7.80. The molecule has 0 aliphatic carbocycles. The van der Waals surface area contributed by atoms with Crippen LogP contribution in [-0.2, 0) is 27.3 Å². The van der Waals surface area contributed by atoms with Crippen molar-refractivity contribution < 1.29 is 14.4 Å². The Labute approximate surface area is 183 Å². The van der Waals surface area contributed by atoms with E-state index in [4.69, 9.17) is 0 Å². The molecule has 1 unspecified atom stereocenters. The predicted molar refractivity (Wildman–Crippen MR) is 120 cm³/mol. The number of unbranched alkanes of at least 4 members (excludes halogenated alkanes) is 1. The maximum atomic E-state index is 12.9. The number of nitrogens with one attached hydrogen (secondary N) is 4. The molecule has 7 heteroatoms. The van der Waals surface area contributed by atoms with Crippen molar-refractivity contribution in [2.24, 2.45) is 0 Å². The van der Waals surface area contributed by atoms with Gasteiger partial charge in [0.15, 0.2) is 0 Å². The molecule has 2 atom stereocenters. The summed E-state index contributed by atoms with van der Waals surface area (Å²) in [6, 6.07) is 16.2. The molecule has 31 heavy (non-hydrogen) atoms. The normalized spacial score (nSPS) is 16.0. The van der Waals surface area contributed by atoms with Gasteiger partial charge < -0.3 is 21.3 Å². The van der Waals surface area contributed by atoms with Gasteiger partial charge in [-0.1, -0.05) is 42.5 Å². The van der Waals surface area contributed by atoms with E-state index in [0.717, 1.165) is 12.0 Å². The molecule has 0 saturated heterocycles. The van der Waals surface area contributed by atoms with Crippen molar-refractivity contribution in [1.29, 1.82) is 0 Å². The Balaban J connectivity index is 1.60. The highest BCUT2D eigenvalue weighted by Crippen LogP contribution is 2.17. The maximum Gasteiger partial charge on any atom is 0.246 e. The SMILES string of the molecule is CC(=O)NCCCC[C@H](NC(=O)C1Cc2ccccc2CN1)C(=O)Nc1ccccc1. The Bertz CT molecular complexity index is 901. The molecule has 0 radical (unpaired) electrons. The topological polar surface area (TPSA) is 99.3 Å². The Morgan fingerprint density at radius 2 is 1.71 bits per heavy atom. The van der Waals surface area contributed by atoms with Gasteiger partial charge in [0.25, 0.3) is 0 Å². The summed E-state index contributed by atoms with van der Waals surface area (Å²) in [5.74, 6) is -0.491. The fourth-order valence-corrected chi connectivity index (χ4v) is 3.67. The van der Waals surface area contributed by atoms with Crippen LogP contribution < -0.4 is 21.3 Å². The summed E-state index contributed by atoms with van der Waals surface area (Å²) in [5, 5.41) is 11.8. The van der Waals surface area contributed by atoms with Crippen LogP contribution in [0.1, 0.15) is 37.3 Å². The molecule has 2 aromatic carbocycles. The Morgan fingerprint density at radius 3 is 2.45 bits per heavy atom. The lowest BCUT2D eigenvalue weighted by atomic mass is 9.95. The van der Waals surface area contributed by atoms with Crippen molar-refractivity contribution >= 4 is 23.4 Å². The van der Waals surface area contributed by atoms with Gasteiger partial charge in [-0.2, -0.15) is 0 Å². The quantitative estimate of drug-likeness (QED) is 0.465. The number of carbonyl (C=O) groups is 3. The Morgan fingerprint density at radius 1 is 1.00 bits per heavy atom. The molecule has 1 heterocycles. The number of anilines is 1. The molecule has 1 aliphatic heterocycles. The second-order valence-electron chi connectivity index (χ2n) is 7.80. The number of amides is 3. The first-order valence-electron chi connectivity index (χ1n) is 10.7. The molecule has 0 aromatic heterocycles. The van der Waals surface area contributed by atoms with E-state index in [2.05, 4.69) is 27.3 Å². The van der Waals surface area contributed by atoms with Gasteiger partial charge in [-0.25, -0.2) is 0 Å². The summed E-state index contributed by atoms with van der Waals surface area (Å²) in [7, 11) is 0. The minimum Gasteiger partial charge on any atom is -0.356 e. The van der Waals surface area contributed by atoms with E-state index in [-0.39, 0.29) is 23.8 Å². The van der Waals surface area contributed by atoms with Crippen LogP contribution in [0.5, 0.6) is 0 Å². The molecule has 0 fully saturated rings. The van der Waals surface area contributed by atoms with Crippen LogP contribution in [0.25, 0.3) is 0 Å². The van der Waals surface area contributed by atoms with Crippen molar-refractivity contribution in [2.45, 2.75) is 51.2 Å². The van der Waals surface area contributed by atoms with Gasteiger partial charge >= 0.3 is 0 Å². The van der Waals surface area contributed by atoms with Crippen LogP contribution in [-0.4, -0.2) is 36.3 Å². The standard InChI is InChI=1S/C24H30N4O3/c1-17(29)25-14-8-7-13-21(23(30)27-20-11-3-2-4-12-20)28-24(31)22-15-18-9-5-6-10-19(18)16-26-22/h2-6,9-12,21-22,26H,7-8,13-16H2,1H3,(H,25,29)(H,27,30)(H,28,31)/t21-,22?/m0/s1. The molecule has 0 spiro atoms. The lowest BCUT2D eigenvalue weighted by molar-refractivity contribution is -0.128. The first-order valence-corrected chi connectivity index (χ1v) is 10.7. The van der Waals surface area contributed by atoms with Gasteiger partial charge in [-0.05, 0) is 48.9 Å². The summed E-state index contributed by atoms with van der Waals surface area (Å²) in [5.41, 5.74) is 3.04. The van der Waals surface area contributed by atoms with Crippen LogP contribution in [0.4, 0.5) is 5.69 Å².